The Morgan fingerprint density at radius 2 is 2.17 bits per heavy atom. The maximum Gasteiger partial charge on any atom is 0.0924 e. The summed E-state index contributed by atoms with van der Waals surface area (Å²) in [5, 5.41) is 14.4. The molecule has 1 aromatic carbocycles. The highest BCUT2D eigenvalue weighted by molar-refractivity contribution is 5.24. The van der Waals surface area contributed by atoms with Crippen LogP contribution in [-0.2, 0) is 5.60 Å². The third-order valence-electron chi connectivity index (χ3n) is 3.93. The van der Waals surface area contributed by atoms with Crippen molar-refractivity contribution in [3.8, 4) is 0 Å². The summed E-state index contributed by atoms with van der Waals surface area (Å²) in [5.74, 6) is 0.286. The Morgan fingerprint density at radius 1 is 1.39 bits per heavy atom. The number of benzene rings is 1. The summed E-state index contributed by atoms with van der Waals surface area (Å²) in [6, 6.07) is 9.93. The lowest BCUT2D eigenvalue weighted by atomic mass is 9.81. The third kappa shape index (κ3) is 2.66. The zero-order valence-corrected chi connectivity index (χ0v) is 10.5. The molecule has 0 heterocycles. The van der Waals surface area contributed by atoms with Gasteiger partial charge in [0, 0.05) is 11.5 Å². The monoisotopic (exact) mass is 245 g/mol. The molecule has 0 unspecified atom stereocenters. The van der Waals surface area contributed by atoms with Crippen molar-refractivity contribution >= 4 is 0 Å². The van der Waals surface area contributed by atoms with Crippen LogP contribution in [0.3, 0.4) is 0 Å². The first kappa shape index (κ1) is 12.9. The average molecular weight is 245 g/mol. The van der Waals surface area contributed by atoms with E-state index >= 15 is 0 Å². The molecule has 1 aliphatic rings. The lowest BCUT2D eigenvalue weighted by Gasteiger charge is -2.30. The number of rotatable bonds is 5. The van der Waals surface area contributed by atoms with Gasteiger partial charge in [-0.25, -0.2) is 0 Å². The fourth-order valence-corrected chi connectivity index (χ4v) is 3.00. The molecule has 0 saturated heterocycles. The normalized spacial score (nSPS) is 26.8. The van der Waals surface area contributed by atoms with E-state index in [2.05, 4.69) is 10.0 Å². The molecule has 0 aromatic heterocycles. The van der Waals surface area contributed by atoms with Crippen LogP contribution in [0.4, 0.5) is 0 Å². The molecular weight excluding hydrogens is 226 g/mol. The van der Waals surface area contributed by atoms with Crippen molar-refractivity contribution in [1.29, 1.82) is 0 Å². The number of hydrogen-bond donors (Lipinski definition) is 1. The van der Waals surface area contributed by atoms with Crippen LogP contribution in [0.1, 0.15) is 37.7 Å². The molecule has 1 N–H and O–H groups in total. The zero-order chi connectivity index (χ0) is 12.8. The summed E-state index contributed by atoms with van der Waals surface area (Å²) < 4.78 is 0. The molecule has 2 atom stereocenters. The maximum absolute atomic E-state index is 10.9. The maximum atomic E-state index is 10.9. The van der Waals surface area contributed by atoms with Crippen LogP contribution >= 0.6 is 0 Å². The number of nitrogens with zero attached hydrogens (tertiary/aromatic N) is 3. The number of hydrogen-bond acceptors (Lipinski definition) is 2. The molecule has 0 bridgehead atoms. The number of aliphatic hydroxyl groups is 1. The molecule has 0 spiro atoms. The van der Waals surface area contributed by atoms with E-state index in [1.165, 1.54) is 0 Å². The molecule has 1 aliphatic carbocycles. The third-order valence-corrected chi connectivity index (χ3v) is 3.93. The minimum Gasteiger partial charge on any atom is -0.385 e. The van der Waals surface area contributed by atoms with Gasteiger partial charge < -0.3 is 5.11 Å². The first-order chi connectivity index (χ1) is 8.77. The highest BCUT2D eigenvalue weighted by Gasteiger charge is 2.41. The van der Waals surface area contributed by atoms with Crippen LogP contribution in [0.5, 0.6) is 0 Å². The first-order valence-corrected chi connectivity index (χ1v) is 6.56. The van der Waals surface area contributed by atoms with Crippen molar-refractivity contribution in [3.05, 3.63) is 46.3 Å². The zero-order valence-electron chi connectivity index (χ0n) is 10.5. The first-order valence-electron chi connectivity index (χ1n) is 6.56. The average Bonchev–Trinajstić information content (AvgIpc) is 2.79. The van der Waals surface area contributed by atoms with Gasteiger partial charge in [-0.2, -0.15) is 0 Å². The highest BCUT2D eigenvalue weighted by atomic mass is 16.3. The van der Waals surface area contributed by atoms with E-state index in [-0.39, 0.29) is 5.92 Å². The molecule has 1 saturated carbocycles. The predicted octanol–water partition coefficient (Wildman–Crippen LogP) is 3.76. The predicted molar refractivity (Wildman–Crippen MR) is 70.9 cm³/mol. The van der Waals surface area contributed by atoms with Gasteiger partial charge in [-0.1, -0.05) is 35.4 Å². The van der Waals surface area contributed by atoms with Gasteiger partial charge in [0.05, 0.1) is 5.60 Å². The Bertz CT molecular complexity index is 428. The fraction of sp³-hybridized carbons (Fsp3) is 0.571. The molecule has 1 fully saturated rings. The van der Waals surface area contributed by atoms with Gasteiger partial charge in [-0.3, -0.25) is 0 Å². The molecule has 18 heavy (non-hydrogen) atoms. The summed E-state index contributed by atoms with van der Waals surface area (Å²) in [7, 11) is 0. The Kier molecular flexibility index (Phi) is 4.24. The SMILES string of the molecule is [N-]=[N+]=NCCC[C@H]1CCC[C@]1(O)c1ccccc1. The van der Waals surface area contributed by atoms with Gasteiger partial charge in [0.25, 0.3) is 0 Å². The van der Waals surface area contributed by atoms with Crippen molar-refractivity contribution in [2.75, 3.05) is 6.54 Å². The van der Waals surface area contributed by atoms with Crippen LogP contribution in [0, 0.1) is 5.92 Å². The Hall–Kier alpha value is -1.51. The van der Waals surface area contributed by atoms with Gasteiger partial charge in [0.1, 0.15) is 0 Å². The van der Waals surface area contributed by atoms with Gasteiger partial charge in [-0.05, 0) is 49.1 Å². The molecule has 1 aromatic rings. The van der Waals surface area contributed by atoms with Crippen molar-refractivity contribution in [2.45, 2.75) is 37.7 Å². The van der Waals surface area contributed by atoms with Gasteiger partial charge >= 0.3 is 0 Å². The van der Waals surface area contributed by atoms with Gasteiger partial charge in [-0.15, -0.1) is 0 Å². The minimum absolute atomic E-state index is 0.286. The lowest BCUT2D eigenvalue weighted by molar-refractivity contribution is -0.00611. The van der Waals surface area contributed by atoms with E-state index < -0.39 is 5.60 Å². The van der Waals surface area contributed by atoms with E-state index in [0.29, 0.717) is 6.54 Å². The lowest BCUT2D eigenvalue weighted by Crippen LogP contribution is -2.30. The quantitative estimate of drug-likeness (QED) is 0.365. The van der Waals surface area contributed by atoms with E-state index in [4.69, 9.17) is 5.53 Å². The van der Waals surface area contributed by atoms with Gasteiger partial charge in [0.15, 0.2) is 0 Å². The summed E-state index contributed by atoms with van der Waals surface area (Å²) in [5.41, 5.74) is 8.59. The van der Waals surface area contributed by atoms with Gasteiger partial charge in [0.2, 0.25) is 0 Å². The summed E-state index contributed by atoms with van der Waals surface area (Å²) in [6.45, 7) is 0.526. The van der Waals surface area contributed by atoms with E-state index in [1.807, 2.05) is 30.3 Å². The summed E-state index contributed by atoms with van der Waals surface area (Å²) in [4.78, 5) is 2.76. The smallest absolute Gasteiger partial charge is 0.0924 e. The second kappa shape index (κ2) is 5.89. The highest BCUT2D eigenvalue weighted by Crippen LogP contribution is 2.45. The van der Waals surface area contributed by atoms with E-state index in [0.717, 1.165) is 37.7 Å². The van der Waals surface area contributed by atoms with Crippen molar-refractivity contribution in [1.82, 2.24) is 0 Å². The standard InChI is InChI=1S/C14H19N3O/c15-17-16-11-5-9-13-8-4-10-14(13,18)12-6-2-1-3-7-12/h1-3,6-7,13,18H,4-5,8-11H2/t13-,14+/m1/s1. The van der Waals surface area contributed by atoms with Crippen LogP contribution in [0.2, 0.25) is 0 Å². The number of azide groups is 1. The summed E-state index contributed by atoms with van der Waals surface area (Å²) >= 11 is 0. The van der Waals surface area contributed by atoms with Crippen LogP contribution in [0.25, 0.3) is 10.4 Å². The fourth-order valence-electron chi connectivity index (χ4n) is 3.00. The molecule has 96 valence electrons. The Labute approximate surface area is 107 Å². The molecule has 4 heteroatoms. The Morgan fingerprint density at radius 3 is 2.89 bits per heavy atom. The Balaban J connectivity index is 2.04. The largest absolute Gasteiger partial charge is 0.385 e. The van der Waals surface area contributed by atoms with Crippen LogP contribution in [-0.4, -0.2) is 11.7 Å². The molecule has 0 aliphatic heterocycles. The van der Waals surface area contributed by atoms with Crippen LogP contribution < -0.4 is 0 Å². The minimum atomic E-state index is -0.683. The van der Waals surface area contributed by atoms with Crippen LogP contribution in [0.15, 0.2) is 35.4 Å². The van der Waals surface area contributed by atoms with Crippen molar-refractivity contribution in [3.63, 3.8) is 0 Å². The summed E-state index contributed by atoms with van der Waals surface area (Å²) in [6.07, 6.45) is 4.73. The van der Waals surface area contributed by atoms with E-state index in [9.17, 15) is 5.11 Å². The van der Waals surface area contributed by atoms with Crippen molar-refractivity contribution < 1.29 is 5.11 Å². The molecule has 2 rings (SSSR count). The van der Waals surface area contributed by atoms with E-state index in [1.54, 1.807) is 0 Å². The second-order valence-electron chi connectivity index (χ2n) is 4.98. The molecule has 0 radical (unpaired) electrons. The van der Waals surface area contributed by atoms with Crippen molar-refractivity contribution in [2.24, 2.45) is 11.0 Å². The second-order valence-corrected chi connectivity index (χ2v) is 4.98. The topological polar surface area (TPSA) is 69.0 Å². The molecular formula is C14H19N3O. The molecule has 4 nitrogen and oxygen atoms in total. The molecule has 0 amide bonds.